The third-order valence-corrected chi connectivity index (χ3v) is 6.74. The first-order valence-corrected chi connectivity index (χ1v) is 12.6. The van der Waals surface area contributed by atoms with Crippen LogP contribution in [0.5, 0.6) is 11.6 Å². The van der Waals surface area contributed by atoms with Crippen LogP contribution in [0.1, 0.15) is 16.8 Å². The van der Waals surface area contributed by atoms with E-state index in [1.54, 1.807) is 30.6 Å². The fourth-order valence-corrected chi connectivity index (χ4v) is 4.96. The minimum absolute atomic E-state index is 0.0816. The second-order valence-corrected chi connectivity index (χ2v) is 9.52. The molecule has 3 aromatic heterocycles. The smallest absolute Gasteiger partial charge is 0.411 e. The molecule has 0 aliphatic carbocycles. The molecule has 3 heterocycles. The zero-order valence-corrected chi connectivity index (χ0v) is 21.8. The van der Waals surface area contributed by atoms with E-state index in [0.29, 0.717) is 33.9 Å². The van der Waals surface area contributed by atoms with Crippen LogP contribution in [0.3, 0.4) is 0 Å². The van der Waals surface area contributed by atoms with E-state index in [2.05, 4.69) is 20.3 Å². The molecule has 0 unspecified atom stereocenters. The third-order valence-electron chi connectivity index (χ3n) is 5.71. The summed E-state index contributed by atoms with van der Waals surface area (Å²) in [7, 11) is 1.53. The summed E-state index contributed by atoms with van der Waals surface area (Å²) < 4.78 is 17.2. The van der Waals surface area contributed by atoms with Gasteiger partial charge in [0.25, 0.3) is 0 Å². The summed E-state index contributed by atoms with van der Waals surface area (Å²) in [5, 5.41) is 13.2. The van der Waals surface area contributed by atoms with Crippen molar-refractivity contribution in [2.75, 3.05) is 25.6 Å². The SMILES string of the molecule is COc1cnc2c(-c3nc4c(C)cc(OCCOC(=O)Nc5ccc(C)nc5)cc4s3)cc(CO)cc2n1. The van der Waals surface area contributed by atoms with Crippen LogP contribution in [0.25, 0.3) is 31.8 Å². The fraction of sp³-hybridized carbons (Fsp3) is 0.222. The Bertz CT molecular complexity index is 1620. The number of methoxy groups -OCH3 is 1. The van der Waals surface area contributed by atoms with Gasteiger partial charge in [-0.25, -0.2) is 19.7 Å². The number of aromatic nitrogens is 4. The highest BCUT2D eigenvalue weighted by Crippen LogP contribution is 2.37. The molecule has 10 nitrogen and oxygen atoms in total. The zero-order valence-electron chi connectivity index (χ0n) is 21.0. The first-order valence-electron chi connectivity index (χ1n) is 11.8. The van der Waals surface area contributed by atoms with Gasteiger partial charge in [-0.05, 0) is 61.4 Å². The van der Waals surface area contributed by atoms with Gasteiger partial charge in [-0.15, -0.1) is 11.3 Å². The average molecular weight is 532 g/mol. The maximum atomic E-state index is 12.0. The molecule has 2 N–H and O–H groups in total. The van der Waals surface area contributed by atoms with Crippen molar-refractivity contribution in [1.82, 2.24) is 19.9 Å². The summed E-state index contributed by atoms with van der Waals surface area (Å²) in [6.07, 6.45) is 2.56. The van der Waals surface area contributed by atoms with Crippen molar-refractivity contribution in [3.05, 3.63) is 65.6 Å². The number of carbonyl (C=O) groups is 1. The second-order valence-electron chi connectivity index (χ2n) is 8.49. The number of carbonyl (C=O) groups excluding carboxylic acids is 1. The second kappa shape index (κ2) is 11.0. The number of benzene rings is 2. The van der Waals surface area contributed by atoms with Gasteiger partial charge in [0.2, 0.25) is 5.88 Å². The molecule has 5 aromatic rings. The molecule has 0 saturated carbocycles. The van der Waals surface area contributed by atoms with E-state index >= 15 is 0 Å². The number of nitrogens with one attached hydrogen (secondary N) is 1. The van der Waals surface area contributed by atoms with Crippen LogP contribution < -0.4 is 14.8 Å². The van der Waals surface area contributed by atoms with Crippen molar-refractivity contribution in [3.63, 3.8) is 0 Å². The van der Waals surface area contributed by atoms with Gasteiger partial charge in [0.05, 0.1) is 53.0 Å². The monoisotopic (exact) mass is 531 g/mol. The summed E-state index contributed by atoms with van der Waals surface area (Å²) in [4.78, 5) is 30.0. The first kappa shape index (κ1) is 25.3. The summed E-state index contributed by atoms with van der Waals surface area (Å²) in [5.74, 6) is 1.05. The number of thiazole rings is 1. The number of amides is 1. The lowest BCUT2D eigenvalue weighted by atomic mass is 10.1. The normalized spacial score (nSPS) is 11.1. The largest absolute Gasteiger partial charge is 0.490 e. The number of hydrogen-bond acceptors (Lipinski definition) is 10. The molecule has 0 saturated heterocycles. The Morgan fingerprint density at radius 2 is 1.89 bits per heavy atom. The molecule has 11 heteroatoms. The minimum atomic E-state index is -0.573. The van der Waals surface area contributed by atoms with Crippen LogP contribution in [0.4, 0.5) is 10.5 Å². The number of ether oxygens (including phenoxy) is 3. The molecule has 0 radical (unpaired) electrons. The molecule has 1 amide bonds. The molecule has 2 aromatic carbocycles. The lowest BCUT2D eigenvalue weighted by Gasteiger charge is -2.09. The maximum absolute atomic E-state index is 12.0. The number of fused-ring (bicyclic) bond motifs is 2. The number of aryl methyl sites for hydroxylation is 2. The van der Waals surface area contributed by atoms with Crippen molar-refractivity contribution >= 4 is 44.4 Å². The van der Waals surface area contributed by atoms with Gasteiger partial charge >= 0.3 is 6.09 Å². The van der Waals surface area contributed by atoms with Gasteiger partial charge < -0.3 is 19.3 Å². The molecule has 0 fully saturated rings. The van der Waals surface area contributed by atoms with Crippen molar-refractivity contribution in [2.45, 2.75) is 20.5 Å². The number of aliphatic hydroxyl groups is 1. The maximum Gasteiger partial charge on any atom is 0.411 e. The van der Waals surface area contributed by atoms with Crippen molar-refractivity contribution < 1.29 is 24.1 Å². The van der Waals surface area contributed by atoms with E-state index in [1.165, 1.54) is 18.4 Å². The highest BCUT2D eigenvalue weighted by molar-refractivity contribution is 7.21. The Hall–Kier alpha value is -4.35. The molecular weight excluding hydrogens is 506 g/mol. The molecular formula is C27H25N5O5S. The van der Waals surface area contributed by atoms with Gasteiger partial charge in [-0.3, -0.25) is 10.3 Å². The topological polar surface area (TPSA) is 129 Å². The number of rotatable bonds is 8. The number of aliphatic hydroxyl groups excluding tert-OH is 1. The van der Waals surface area contributed by atoms with E-state index in [1.807, 2.05) is 32.0 Å². The third kappa shape index (κ3) is 5.48. The van der Waals surface area contributed by atoms with Crippen LogP contribution in [-0.4, -0.2) is 51.5 Å². The lowest BCUT2D eigenvalue weighted by molar-refractivity contribution is 0.138. The number of pyridine rings is 1. The van der Waals surface area contributed by atoms with E-state index in [0.717, 1.165) is 32.0 Å². The summed E-state index contributed by atoms with van der Waals surface area (Å²) in [5.41, 5.74) is 6.00. The van der Waals surface area contributed by atoms with Gasteiger partial charge in [-0.1, -0.05) is 0 Å². The van der Waals surface area contributed by atoms with Crippen molar-refractivity contribution in [2.24, 2.45) is 0 Å². The quantitative estimate of drug-likeness (QED) is 0.264. The summed E-state index contributed by atoms with van der Waals surface area (Å²) in [6.45, 7) is 3.97. The van der Waals surface area contributed by atoms with E-state index < -0.39 is 6.09 Å². The van der Waals surface area contributed by atoms with E-state index in [9.17, 15) is 9.90 Å². The van der Waals surface area contributed by atoms with Gasteiger partial charge in [0.15, 0.2) is 0 Å². The van der Waals surface area contributed by atoms with E-state index in [-0.39, 0.29) is 19.8 Å². The predicted molar refractivity (Wildman–Crippen MR) is 145 cm³/mol. The Kier molecular flexibility index (Phi) is 7.29. The summed E-state index contributed by atoms with van der Waals surface area (Å²) >= 11 is 1.50. The molecule has 194 valence electrons. The highest BCUT2D eigenvalue weighted by atomic mass is 32.1. The Balaban J connectivity index is 1.31. The van der Waals surface area contributed by atoms with Crippen LogP contribution >= 0.6 is 11.3 Å². The fourth-order valence-electron chi connectivity index (χ4n) is 3.87. The summed E-state index contributed by atoms with van der Waals surface area (Å²) in [6, 6.07) is 11.0. The molecule has 0 aliphatic rings. The Morgan fingerprint density at radius 3 is 2.66 bits per heavy atom. The molecule has 0 spiro atoms. The number of hydrogen-bond donors (Lipinski definition) is 2. The van der Waals surface area contributed by atoms with Crippen molar-refractivity contribution in [1.29, 1.82) is 0 Å². The molecule has 38 heavy (non-hydrogen) atoms. The molecule has 0 aliphatic heterocycles. The number of anilines is 1. The van der Waals surface area contributed by atoms with Crippen LogP contribution in [0.2, 0.25) is 0 Å². The van der Waals surface area contributed by atoms with Gasteiger partial charge in [0.1, 0.15) is 24.0 Å². The number of nitrogens with zero attached hydrogens (tertiary/aromatic N) is 4. The Morgan fingerprint density at radius 1 is 1.03 bits per heavy atom. The van der Waals surface area contributed by atoms with Gasteiger partial charge in [0, 0.05) is 11.3 Å². The van der Waals surface area contributed by atoms with Crippen molar-refractivity contribution in [3.8, 4) is 22.2 Å². The van der Waals surface area contributed by atoms with Crippen LogP contribution in [-0.2, 0) is 11.3 Å². The highest BCUT2D eigenvalue weighted by Gasteiger charge is 2.16. The molecule has 5 rings (SSSR count). The minimum Gasteiger partial charge on any atom is -0.490 e. The van der Waals surface area contributed by atoms with Crippen LogP contribution in [0.15, 0.2) is 48.8 Å². The Labute approximate surface area is 222 Å². The standard InChI is InChI=1S/C27H25N5O5S/c1-15-8-19(36-6-7-37-27(34)30-18-5-4-16(2)28-12-18)11-22-24(15)32-26(38-22)20-9-17(14-33)10-21-25(20)29-13-23(31-21)35-3/h4-5,8-13,33H,6-7,14H2,1-3H3,(H,30,34). The molecule has 0 bridgehead atoms. The molecule has 0 atom stereocenters. The van der Waals surface area contributed by atoms with E-state index in [4.69, 9.17) is 19.2 Å². The lowest BCUT2D eigenvalue weighted by Crippen LogP contribution is -2.17. The van der Waals surface area contributed by atoms with Gasteiger partial charge in [-0.2, -0.15) is 0 Å². The predicted octanol–water partition coefficient (Wildman–Crippen LogP) is 5.05. The van der Waals surface area contributed by atoms with Crippen LogP contribution in [0, 0.1) is 13.8 Å². The first-order chi connectivity index (χ1) is 18.4. The zero-order chi connectivity index (χ0) is 26.6. The average Bonchev–Trinajstić information content (AvgIpc) is 3.36.